The first kappa shape index (κ1) is 18.9. The topological polar surface area (TPSA) is 80.1 Å². The van der Waals surface area contributed by atoms with E-state index in [1.165, 1.54) is 11.3 Å². The van der Waals surface area contributed by atoms with Gasteiger partial charge in [0.1, 0.15) is 11.8 Å². The fraction of sp³-hybridized carbons (Fsp3) is 0.273. The molecule has 0 spiro atoms. The van der Waals surface area contributed by atoms with E-state index in [1.807, 2.05) is 10.6 Å². The number of thioether (sulfide) groups is 1. The Morgan fingerprint density at radius 1 is 1.17 bits per heavy atom. The summed E-state index contributed by atoms with van der Waals surface area (Å²) in [5.74, 6) is -0.387. The Labute approximate surface area is 178 Å². The molecule has 3 aromatic rings. The van der Waals surface area contributed by atoms with Crippen LogP contribution in [0, 0.1) is 0 Å². The van der Waals surface area contributed by atoms with Gasteiger partial charge in [-0.2, -0.15) is 0 Å². The van der Waals surface area contributed by atoms with E-state index < -0.39 is 0 Å². The molecule has 7 nitrogen and oxygen atoms in total. The van der Waals surface area contributed by atoms with Crippen LogP contribution in [-0.4, -0.2) is 37.8 Å². The summed E-state index contributed by atoms with van der Waals surface area (Å²) in [6.45, 7) is 7.71. The average Bonchev–Trinajstić information content (AvgIpc) is 3.37. The number of carbonyl (C=O) groups is 2. The molecule has 8 heteroatoms. The molecule has 30 heavy (non-hydrogen) atoms. The third kappa shape index (κ3) is 3.17. The molecule has 152 valence electrons. The van der Waals surface area contributed by atoms with Crippen molar-refractivity contribution in [1.29, 1.82) is 0 Å². The summed E-state index contributed by atoms with van der Waals surface area (Å²) in [4.78, 5) is 35.2. The van der Waals surface area contributed by atoms with Crippen LogP contribution in [0.15, 0.2) is 41.6 Å². The van der Waals surface area contributed by atoms with Gasteiger partial charge in [0.25, 0.3) is 11.1 Å². The lowest BCUT2D eigenvalue weighted by Gasteiger charge is -2.34. The molecule has 0 atom stereocenters. The first-order valence-electron chi connectivity index (χ1n) is 9.79. The molecule has 4 heterocycles. The van der Waals surface area contributed by atoms with E-state index in [1.54, 1.807) is 18.5 Å². The Hall–Kier alpha value is -3.13. The molecule has 5 rings (SSSR count). The third-order valence-corrected chi connectivity index (χ3v) is 6.19. The van der Waals surface area contributed by atoms with E-state index in [4.69, 9.17) is 4.98 Å². The molecular weight excluding hydrogens is 398 g/mol. The smallest absolute Gasteiger partial charge is 0.290 e. The van der Waals surface area contributed by atoms with Crippen LogP contribution >= 0.6 is 11.8 Å². The highest BCUT2D eigenvalue weighted by atomic mass is 32.2. The van der Waals surface area contributed by atoms with Crippen molar-refractivity contribution in [3.05, 3.63) is 52.8 Å². The van der Waals surface area contributed by atoms with Crippen LogP contribution in [0.1, 0.15) is 32.0 Å². The van der Waals surface area contributed by atoms with Crippen molar-refractivity contribution in [2.45, 2.75) is 32.7 Å². The molecule has 1 fully saturated rings. The number of aromatic nitrogens is 3. The van der Waals surface area contributed by atoms with Crippen LogP contribution in [-0.2, 0) is 11.2 Å². The number of rotatable bonds is 2. The number of hydrogen-bond acceptors (Lipinski definition) is 6. The molecule has 0 radical (unpaired) electrons. The summed E-state index contributed by atoms with van der Waals surface area (Å²) in [6, 6.07) is 10.1. The Balaban J connectivity index is 1.54. The number of pyridine rings is 1. The molecule has 2 aliphatic heterocycles. The Morgan fingerprint density at radius 3 is 2.73 bits per heavy atom. The van der Waals surface area contributed by atoms with Gasteiger partial charge in [-0.1, -0.05) is 0 Å². The highest BCUT2D eigenvalue weighted by Gasteiger charge is 2.28. The molecule has 2 amide bonds. The number of carbonyl (C=O) groups excluding carboxylic acids is 2. The lowest BCUT2D eigenvalue weighted by molar-refractivity contribution is -0.115. The number of nitrogens with zero attached hydrogens (tertiary/aromatic N) is 4. The van der Waals surface area contributed by atoms with Gasteiger partial charge >= 0.3 is 0 Å². The second-order valence-corrected chi connectivity index (χ2v) is 9.45. The number of anilines is 1. The van der Waals surface area contributed by atoms with Gasteiger partial charge in [-0.25, -0.2) is 9.97 Å². The van der Waals surface area contributed by atoms with Gasteiger partial charge in [0, 0.05) is 23.5 Å². The van der Waals surface area contributed by atoms with Crippen LogP contribution < -0.4 is 10.2 Å². The lowest BCUT2D eigenvalue weighted by atomic mass is 10.1. The van der Waals surface area contributed by atoms with Crippen molar-refractivity contribution >= 4 is 45.8 Å². The first-order valence-corrected chi connectivity index (χ1v) is 10.6. The van der Waals surface area contributed by atoms with Crippen molar-refractivity contribution in [1.82, 2.24) is 19.9 Å². The number of amides is 2. The van der Waals surface area contributed by atoms with Gasteiger partial charge in [-0.05, 0) is 80.9 Å². The van der Waals surface area contributed by atoms with Crippen molar-refractivity contribution in [3.8, 4) is 5.69 Å². The minimum atomic E-state index is -0.387. The highest BCUT2D eigenvalue weighted by Crippen LogP contribution is 2.35. The normalized spacial score (nSPS) is 17.8. The predicted octanol–water partition coefficient (Wildman–Crippen LogP) is 3.91. The number of fused-ring (bicyclic) bond motifs is 2. The molecule has 0 bridgehead atoms. The van der Waals surface area contributed by atoms with Gasteiger partial charge in [0.15, 0.2) is 5.65 Å². The minimum Gasteiger partial charge on any atom is -0.366 e. The molecule has 2 aromatic heterocycles. The number of benzene rings is 1. The van der Waals surface area contributed by atoms with Gasteiger partial charge in [-0.15, -0.1) is 0 Å². The average molecular weight is 420 g/mol. The Morgan fingerprint density at radius 2 is 2.00 bits per heavy atom. The minimum absolute atomic E-state index is 0.0877. The molecule has 1 N–H and O–H groups in total. The van der Waals surface area contributed by atoms with E-state index in [9.17, 15) is 9.59 Å². The number of imidazole rings is 1. The van der Waals surface area contributed by atoms with Gasteiger partial charge in [-0.3, -0.25) is 19.5 Å². The van der Waals surface area contributed by atoms with E-state index >= 15 is 0 Å². The highest BCUT2D eigenvalue weighted by molar-refractivity contribution is 8.18. The van der Waals surface area contributed by atoms with Crippen LogP contribution in [0.3, 0.4) is 0 Å². The van der Waals surface area contributed by atoms with E-state index in [2.05, 4.69) is 54.2 Å². The summed E-state index contributed by atoms with van der Waals surface area (Å²) in [6.07, 6.45) is 4.41. The molecule has 0 saturated carbocycles. The summed E-state index contributed by atoms with van der Waals surface area (Å²) in [5.41, 5.74) is 5.79. The van der Waals surface area contributed by atoms with Crippen molar-refractivity contribution < 1.29 is 9.59 Å². The zero-order chi connectivity index (χ0) is 21.0. The molecular formula is C22H21N5O2S. The number of nitrogens with one attached hydrogen (secondary N) is 1. The second kappa shape index (κ2) is 6.70. The number of imide groups is 1. The summed E-state index contributed by atoms with van der Waals surface area (Å²) < 4.78 is 1.96. The zero-order valence-electron chi connectivity index (χ0n) is 17.0. The van der Waals surface area contributed by atoms with E-state index in [0.29, 0.717) is 16.2 Å². The maximum absolute atomic E-state index is 11.8. The molecule has 1 saturated heterocycles. The predicted molar refractivity (Wildman–Crippen MR) is 119 cm³/mol. The van der Waals surface area contributed by atoms with Crippen molar-refractivity contribution in [2.75, 3.05) is 11.4 Å². The lowest BCUT2D eigenvalue weighted by Crippen LogP contribution is -2.40. The summed E-state index contributed by atoms with van der Waals surface area (Å²) >= 11 is 0.887. The second-order valence-electron chi connectivity index (χ2n) is 8.43. The van der Waals surface area contributed by atoms with Gasteiger partial charge < -0.3 is 4.90 Å². The molecule has 1 aromatic carbocycles. The SMILES string of the molecule is CC(C)(C)N1CCc2cc(-n3cnc4ccc(/C=C5\SC(=O)NC5=O)nc43)ccc21. The molecule has 0 aliphatic carbocycles. The summed E-state index contributed by atoms with van der Waals surface area (Å²) in [5, 5.41) is 1.90. The van der Waals surface area contributed by atoms with E-state index in [-0.39, 0.29) is 16.7 Å². The van der Waals surface area contributed by atoms with E-state index in [0.717, 1.165) is 35.9 Å². The third-order valence-electron chi connectivity index (χ3n) is 5.38. The van der Waals surface area contributed by atoms with Crippen LogP contribution in [0.2, 0.25) is 0 Å². The monoisotopic (exact) mass is 419 g/mol. The first-order chi connectivity index (χ1) is 14.3. The fourth-order valence-corrected chi connectivity index (χ4v) is 4.63. The summed E-state index contributed by atoms with van der Waals surface area (Å²) in [7, 11) is 0. The Kier molecular flexibility index (Phi) is 4.21. The van der Waals surface area contributed by atoms with Crippen LogP contribution in [0.25, 0.3) is 22.9 Å². The zero-order valence-corrected chi connectivity index (χ0v) is 17.8. The van der Waals surface area contributed by atoms with Crippen LogP contribution in [0.5, 0.6) is 0 Å². The fourth-order valence-electron chi connectivity index (χ4n) is 3.97. The Bertz CT molecular complexity index is 1240. The maximum Gasteiger partial charge on any atom is 0.290 e. The van der Waals surface area contributed by atoms with Crippen LogP contribution in [0.4, 0.5) is 10.5 Å². The molecule has 0 unspecified atom stereocenters. The quantitative estimate of drug-likeness (QED) is 0.635. The largest absolute Gasteiger partial charge is 0.366 e. The standard InChI is InChI=1S/C22H21N5O2S/c1-22(2,3)27-9-8-13-10-15(5-7-17(13)27)26-12-23-16-6-4-14(24-19(16)26)11-18-20(28)25-21(29)30-18/h4-7,10-12H,8-9H2,1-3H3,(H,25,28,29)/b18-11-. The molecule has 2 aliphatic rings. The maximum atomic E-state index is 11.8. The van der Waals surface area contributed by atoms with Gasteiger partial charge in [0.05, 0.1) is 10.6 Å². The van der Waals surface area contributed by atoms with Gasteiger partial charge in [0.2, 0.25) is 0 Å². The van der Waals surface area contributed by atoms with Crippen molar-refractivity contribution in [3.63, 3.8) is 0 Å². The number of hydrogen-bond donors (Lipinski definition) is 1. The van der Waals surface area contributed by atoms with Crippen molar-refractivity contribution in [2.24, 2.45) is 0 Å².